The van der Waals surface area contributed by atoms with Crippen molar-refractivity contribution in [2.75, 3.05) is 10.6 Å². The molecular weight excluding hydrogens is 461 g/mol. The van der Waals surface area contributed by atoms with Gasteiger partial charge in [0.1, 0.15) is 11.6 Å². The van der Waals surface area contributed by atoms with Crippen LogP contribution in [0.5, 0.6) is 5.75 Å². The van der Waals surface area contributed by atoms with Crippen LogP contribution in [0.4, 0.5) is 30.6 Å². The van der Waals surface area contributed by atoms with Gasteiger partial charge in [-0.1, -0.05) is 28.1 Å². The zero-order chi connectivity index (χ0) is 21.9. The summed E-state index contributed by atoms with van der Waals surface area (Å²) in [5, 5.41) is 6.39. The fraction of sp³-hybridized carbons (Fsp3) is 0.238. The standard InChI is InChI=1S/C21H20BrF3N4O/c1-12(2)26-20-28-18(14-5-4-6-16(10-14)30-21(23,24)25)11-19(29-20)27-17-8-7-15(22)9-13(17)3/h4-12H,1-3H3,(H2,26,27,28,29). The molecule has 30 heavy (non-hydrogen) atoms. The van der Waals surface area contributed by atoms with Gasteiger partial charge in [0.25, 0.3) is 0 Å². The average Bonchev–Trinajstić information content (AvgIpc) is 2.62. The zero-order valence-corrected chi connectivity index (χ0v) is 18.1. The van der Waals surface area contributed by atoms with Crippen LogP contribution in [0, 0.1) is 6.92 Å². The summed E-state index contributed by atoms with van der Waals surface area (Å²) < 4.78 is 42.7. The minimum absolute atomic E-state index is 0.0717. The molecule has 3 aromatic rings. The Morgan fingerprint density at radius 3 is 2.47 bits per heavy atom. The van der Waals surface area contributed by atoms with Gasteiger partial charge in [0.15, 0.2) is 0 Å². The third-order valence-corrected chi connectivity index (χ3v) is 4.45. The number of aromatic nitrogens is 2. The fourth-order valence-electron chi connectivity index (χ4n) is 2.74. The topological polar surface area (TPSA) is 59.1 Å². The molecule has 0 fully saturated rings. The Morgan fingerprint density at radius 1 is 1.03 bits per heavy atom. The number of nitrogens with one attached hydrogen (secondary N) is 2. The fourth-order valence-corrected chi connectivity index (χ4v) is 3.22. The smallest absolute Gasteiger partial charge is 0.406 e. The zero-order valence-electron chi connectivity index (χ0n) is 16.5. The average molecular weight is 481 g/mol. The van der Waals surface area contributed by atoms with Crippen LogP contribution < -0.4 is 15.4 Å². The summed E-state index contributed by atoms with van der Waals surface area (Å²) >= 11 is 3.43. The van der Waals surface area contributed by atoms with Gasteiger partial charge in [0, 0.05) is 27.8 Å². The van der Waals surface area contributed by atoms with Gasteiger partial charge in [-0.15, -0.1) is 13.2 Å². The van der Waals surface area contributed by atoms with Crippen molar-refractivity contribution < 1.29 is 17.9 Å². The number of aryl methyl sites for hydroxylation is 1. The van der Waals surface area contributed by atoms with E-state index in [0.29, 0.717) is 23.0 Å². The van der Waals surface area contributed by atoms with E-state index in [4.69, 9.17) is 0 Å². The van der Waals surface area contributed by atoms with E-state index in [0.717, 1.165) is 15.7 Å². The lowest BCUT2D eigenvalue weighted by atomic mass is 10.1. The molecule has 5 nitrogen and oxygen atoms in total. The summed E-state index contributed by atoms with van der Waals surface area (Å²) in [5.74, 6) is 0.563. The van der Waals surface area contributed by atoms with E-state index >= 15 is 0 Å². The molecule has 0 saturated heterocycles. The Hall–Kier alpha value is -2.81. The molecule has 0 aliphatic carbocycles. The van der Waals surface area contributed by atoms with Crippen molar-refractivity contribution >= 4 is 33.4 Å². The lowest BCUT2D eigenvalue weighted by Gasteiger charge is -2.15. The van der Waals surface area contributed by atoms with Crippen molar-refractivity contribution in [1.82, 2.24) is 9.97 Å². The maximum absolute atomic E-state index is 12.6. The van der Waals surface area contributed by atoms with Crippen LogP contribution in [0.2, 0.25) is 0 Å². The summed E-state index contributed by atoms with van der Waals surface area (Å²) in [6.45, 7) is 5.85. The molecule has 0 aliphatic rings. The molecule has 0 bridgehead atoms. The molecule has 0 amide bonds. The summed E-state index contributed by atoms with van der Waals surface area (Å²) in [6.07, 6.45) is -4.76. The minimum atomic E-state index is -4.76. The first-order valence-electron chi connectivity index (χ1n) is 9.14. The quantitative estimate of drug-likeness (QED) is 0.412. The van der Waals surface area contributed by atoms with Gasteiger partial charge in [-0.3, -0.25) is 0 Å². The Kier molecular flexibility index (Phi) is 6.50. The minimum Gasteiger partial charge on any atom is -0.406 e. The maximum Gasteiger partial charge on any atom is 0.573 e. The van der Waals surface area contributed by atoms with E-state index in [1.165, 1.54) is 18.2 Å². The molecule has 0 atom stereocenters. The van der Waals surface area contributed by atoms with Gasteiger partial charge < -0.3 is 15.4 Å². The van der Waals surface area contributed by atoms with Crippen molar-refractivity contribution in [3.63, 3.8) is 0 Å². The van der Waals surface area contributed by atoms with Crippen molar-refractivity contribution in [3.8, 4) is 17.0 Å². The number of ether oxygens (including phenoxy) is 1. The van der Waals surface area contributed by atoms with Crippen LogP contribution in [-0.2, 0) is 0 Å². The van der Waals surface area contributed by atoms with E-state index in [1.807, 2.05) is 39.0 Å². The van der Waals surface area contributed by atoms with E-state index < -0.39 is 6.36 Å². The molecule has 3 rings (SSSR count). The Balaban J connectivity index is 2.00. The second kappa shape index (κ2) is 8.91. The van der Waals surface area contributed by atoms with Crippen LogP contribution in [0.15, 0.2) is 53.0 Å². The van der Waals surface area contributed by atoms with Gasteiger partial charge in [-0.25, -0.2) is 4.98 Å². The Labute approximate surface area is 180 Å². The molecule has 9 heteroatoms. The monoisotopic (exact) mass is 480 g/mol. The van der Waals surface area contributed by atoms with Crippen molar-refractivity contribution in [2.24, 2.45) is 0 Å². The number of nitrogens with zero attached hydrogens (tertiary/aromatic N) is 2. The lowest BCUT2D eigenvalue weighted by molar-refractivity contribution is -0.274. The third kappa shape index (κ3) is 6.09. The summed E-state index contributed by atoms with van der Waals surface area (Å²) in [7, 11) is 0. The normalized spacial score (nSPS) is 11.5. The highest BCUT2D eigenvalue weighted by Crippen LogP contribution is 2.30. The van der Waals surface area contributed by atoms with E-state index in [-0.39, 0.29) is 11.8 Å². The number of rotatable bonds is 6. The number of halogens is 4. The molecule has 0 radical (unpaired) electrons. The van der Waals surface area contributed by atoms with Crippen LogP contribution in [-0.4, -0.2) is 22.4 Å². The first-order valence-corrected chi connectivity index (χ1v) is 9.93. The molecule has 0 unspecified atom stereocenters. The number of hydrogen-bond acceptors (Lipinski definition) is 5. The Morgan fingerprint density at radius 2 is 1.80 bits per heavy atom. The number of hydrogen-bond donors (Lipinski definition) is 2. The molecule has 2 aromatic carbocycles. The first-order chi connectivity index (χ1) is 14.1. The molecule has 2 N–H and O–H groups in total. The molecule has 1 heterocycles. The second-order valence-corrected chi connectivity index (χ2v) is 7.84. The van der Waals surface area contributed by atoms with Crippen LogP contribution in [0.3, 0.4) is 0 Å². The summed E-state index contributed by atoms with van der Waals surface area (Å²) in [5.41, 5.74) is 2.79. The number of benzene rings is 2. The van der Waals surface area contributed by atoms with Gasteiger partial charge in [-0.05, 0) is 56.7 Å². The largest absolute Gasteiger partial charge is 0.573 e. The van der Waals surface area contributed by atoms with Crippen LogP contribution in [0.25, 0.3) is 11.3 Å². The highest BCUT2D eigenvalue weighted by molar-refractivity contribution is 9.10. The van der Waals surface area contributed by atoms with Gasteiger partial charge >= 0.3 is 6.36 Å². The summed E-state index contributed by atoms with van der Waals surface area (Å²) in [4.78, 5) is 8.94. The predicted molar refractivity (Wildman–Crippen MR) is 115 cm³/mol. The maximum atomic E-state index is 12.6. The van der Waals surface area contributed by atoms with Crippen LogP contribution >= 0.6 is 15.9 Å². The van der Waals surface area contributed by atoms with Crippen molar-refractivity contribution in [1.29, 1.82) is 0 Å². The number of anilines is 3. The molecular formula is C21H20BrF3N4O. The van der Waals surface area contributed by atoms with Crippen LogP contribution in [0.1, 0.15) is 19.4 Å². The molecule has 158 valence electrons. The lowest BCUT2D eigenvalue weighted by Crippen LogP contribution is -2.17. The predicted octanol–water partition coefficient (Wildman–Crippen LogP) is 6.68. The first kappa shape index (κ1) is 21.9. The van der Waals surface area contributed by atoms with E-state index in [2.05, 4.69) is 41.3 Å². The molecule has 0 spiro atoms. The van der Waals surface area contributed by atoms with Crippen molar-refractivity contribution in [2.45, 2.75) is 33.2 Å². The highest BCUT2D eigenvalue weighted by atomic mass is 79.9. The Bertz CT molecular complexity index is 1040. The highest BCUT2D eigenvalue weighted by Gasteiger charge is 2.31. The van der Waals surface area contributed by atoms with E-state index in [9.17, 15) is 13.2 Å². The van der Waals surface area contributed by atoms with Crippen molar-refractivity contribution in [3.05, 3.63) is 58.6 Å². The van der Waals surface area contributed by atoms with E-state index in [1.54, 1.807) is 12.1 Å². The second-order valence-electron chi connectivity index (χ2n) is 6.92. The van der Waals surface area contributed by atoms with Gasteiger partial charge in [0.2, 0.25) is 5.95 Å². The summed E-state index contributed by atoms with van der Waals surface area (Å²) in [6, 6.07) is 13.2. The van der Waals surface area contributed by atoms with Gasteiger partial charge in [-0.2, -0.15) is 4.98 Å². The molecule has 0 aliphatic heterocycles. The SMILES string of the molecule is Cc1cc(Br)ccc1Nc1cc(-c2cccc(OC(F)(F)F)c2)nc(NC(C)C)n1. The third-order valence-electron chi connectivity index (χ3n) is 3.96. The molecule has 0 saturated carbocycles. The molecule has 1 aromatic heterocycles. The number of alkyl halides is 3. The van der Waals surface area contributed by atoms with Gasteiger partial charge in [0.05, 0.1) is 5.69 Å².